The lowest BCUT2D eigenvalue weighted by Crippen LogP contribution is -2.43. The maximum Gasteiger partial charge on any atom is 0.308 e. The molecule has 2 aliphatic heterocycles. The van der Waals surface area contributed by atoms with Gasteiger partial charge in [-0.1, -0.05) is 0 Å². The molecule has 2 aliphatic rings. The maximum atomic E-state index is 11.2. The van der Waals surface area contributed by atoms with Gasteiger partial charge in [-0.05, 0) is 12.3 Å². The molecule has 0 aromatic carbocycles. The third-order valence-electron chi connectivity index (χ3n) is 3.41. The second kappa shape index (κ2) is 5.61. The molecular weight excluding hydrogens is 210 g/mol. The van der Waals surface area contributed by atoms with E-state index < -0.39 is 5.97 Å². The molecule has 0 saturated carbocycles. The molecule has 92 valence electrons. The third-order valence-corrected chi connectivity index (χ3v) is 3.41. The van der Waals surface area contributed by atoms with Gasteiger partial charge in [0.2, 0.25) is 0 Å². The van der Waals surface area contributed by atoms with Crippen molar-refractivity contribution in [3.05, 3.63) is 0 Å². The summed E-state index contributed by atoms with van der Waals surface area (Å²) in [5.74, 6) is -0.803. The molecule has 0 aromatic rings. The highest BCUT2D eigenvalue weighted by Gasteiger charge is 2.32. The largest absolute Gasteiger partial charge is 0.481 e. The van der Waals surface area contributed by atoms with Gasteiger partial charge >= 0.3 is 5.97 Å². The first-order valence-corrected chi connectivity index (χ1v) is 5.88. The molecular formula is C11H19NO4. The van der Waals surface area contributed by atoms with Gasteiger partial charge < -0.3 is 14.6 Å². The van der Waals surface area contributed by atoms with Gasteiger partial charge in [0, 0.05) is 26.2 Å². The molecule has 0 spiro atoms. The quantitative estimate of drug-likeness (QED) is 0.738. The van der Waals surface area contributed by atoms with E-state index in [1.165, 1.54) is 0 Å². The summed E-state index contributed by atoms with van der Waals surface area (Å²) in [6, 6.07) is 0. The summed E-state index contributed by atoms with van der Waals surface area (Å²) < 4.78 is 10.5. The van der Waals surface area contributed by atoms with E-state index in [0.717, 1.165) is 19.5 Å². The van der Waals surface area contributed by atoms with Crippen molar-refractivity contribution in [1.82, 2.24) is 4.90 Å². The predicted octanol–water partition coefficient (Wildman–Crippen LogP) is 0.0559. The number of carboxylic acid groups (broad SMARTS) is 1. The van der Waals surface area contributed by atoms with Crippen LogP contribution in [0.4, 0.5) is 0 Å². The fourth-order valence-electron chi connectivity index (χ4n) is 2.36. The highest BCUT2D eigenvalue weighted by molar-refractivity contribution is 5.70. The normalized spacial score (nSPS) is 29.1. The number of rotatable bonds is 4. The van der Waals surface area contributed by atoms with Crippen molar-refractivity contribution >= 4 is 5.97 Å². The van der Waals surface area contributed by atoms with Crippen molar-refractivity contribution in [2.24, 2.45) is 11.8 Å². The highest BCUT2D eigenvalue weighted by atomic mass is 16.5. The first-order chi connectivity index (χ1) is 7.77. The maximum absolute atomic E-state index is 11.2. The summed E-state index contributed by atoms with van der Waals surface area (Å²) in [6.45, 7) is 5.06. The summed E-state index contributed by atoms with van der Waals surface area (Å²) in [5.41, 5.74) is 0. The van der Waals surface area contributed by atoms with E-state index in [4.69, 9.17) is 9.47 Å². The summed E-state index contributed by atoms with van der Waals surface area (Å²) in [5, 5.41) is 9.25. The van der Waals surface area contributed by atoms with Crippen LogP contribution in [0, 0.1) is 11.8 Å². The van der Waals surface area contributed by atoms with E-state index in [1.807, 2.05) is 0 Å². The Bertz CT molecular complexity index is 234. The minimum absolute atomic E-state index is 0.181. The summed E-state index contributed by atoms with van der Waals surface area (Å²) in [6.07, 6.45) is 0.876. The van der Waals surface area contributed by atoms with Gasteiger partial charge in [-0.3, -0.25) is 9.69 Å². The van der Waals surface area contributed by atoms with Gasteiger partial charge in [-0.25, -0.2) is 0 Å². The number of hydrogen-bond acceptors (Lipinski definition) is 4. The van der Waals surface area contributed by atoms with Crippen molar-refractivity contribution in [3.8, 4) is 0 Å². The molecule has 2 rings (SSSR count). The fraction of sp³-hybridized carbons (Fsp3) is 0.909. The fourth-order valence-corrected chi connectivity index (χ4v) is 2.36. The van der Waals surface area contributed by atoms with Gasteiger partial charge in [0.05, 0.1) is 25.7 Å². The van der Waals surface area contributed by atoms with Crippen LogP contribution in [0.1, 0.15) is 6.42 Å². The zero-order valence-corrected chi connectivity index (χ0v) is 9.43. The van der Waals surface area contributed by atoms with Crippen molar-refractivity contribution in [2.75, 3.05) is 46.1 Å². The highest BCUT2D eigenvalue weighted by Crippen LogP contribution is 2.23. The molecule has 5 nitrogen and oxygen atoms in total. The van der Waals surface area contributed by atoms with E-state index >= 15 is 0 Å². The number of carboxylic acids is 1. The molecule has 1 N–H and O–H groups in total. The topological polar surface area (TPSA) is 59.0 Å². The Morgan fingerprint density at radius 2 is 2.06 bits per heavy atom. The number of carbonyl (C=O) groups is 1. The van der Waals surface area contributed by atoms with E-state index in [9.17, 15) is 9.90 Å². The lowest BCUT2D eigenvalue weighted by atomic mass is 9.91. The average molecular weight is 229 g/mol. The van der Waals surface area contributed by atoms with E-state index in [-0.39, 0.29) is 11.8 Å². The summed E-state index contributed by atoms with van der Waals surface area (Å²) in [4.78, 5) is 13.4. The SMILES string of the molecule is O=C(O)C(CN1CCOCC1)C1CCOC1. The molecule has 0 aliphatic carbocycles. The van der Waals surface area contributed by atoms with Crippen molar-refractivity contribution in [1.29, 1.82) is 0 Å². The van der Waals surface area contributed by atoms with Crippen LogP contribution in [0.3, 0.4) is 0 Å². The molecule has 2 fully saturated rings. The number of hydrogen-bond donors (Lipinski definition) is 1. The molecule has 16 heavy (non-hydrogen) atoms. The zero-order chi connectivity index (χ0) is 11.4. The van der Waals surface area contributed by atoms with E-state index in [1.54, 1.807) is 0 Å². The van der Waals surface area contributed by atoms with E-state index in [0.29, 0.717) is 33.0 Å². The van der Waals surface area contributed by atoms with Gasteiger partial charge in [0.25, 0.3) is 0 Å². The van der Waals surface area contributed by atoms with Crippen LogP contribution in [0.2, 0.25) is 0 Å². The molecule has 2 saturated heterocycles. The number of nitrogens with zero attached hydrogens (tertiary/aromatic N) is 1. The monoisotopic (exact) mass is 229 g/mol. The average Bonchev–Trinajstić information content (AvgIpc) is 2.80. The Hall–Kier alpha value is -0.650. The molecule has 0 aromatic heterocycles. The Labute approximate surface area is 95.3 Å². The summed E-state index contributed by atoms with van der Waals surface area (Å²) >= 11 is 0. The Morgan fingerprint density at radius 1 is 1.31 bits per heavy atom. The van der Waals surface area contributed by atoms with Crippen molar-refractivity contribution in [3.63, 3.8) is 0 Å². The molecule has 0 amide bonds. The molecule has 2 heterocycles. The predicted molar refractivity (Wildman–Crippen MR) is 57.3 cm³/mol. The third kappa shape index (κ3) is 2.93. The lowest BCUT2D eigenvalue weighted by molar-refractivity contribution is -0.145. The second-order valence-electron chi connectivity index (χ2n) is 4.48. The first-order valence-electron chi connectivity index (χ1n) is 5.88. The Morgan fingerprint density at radius 3 is 2.62 bits per heavy atom. The van der Waals surface area contributed by atoms with Crippen LogP contribution < -0.4 is 0 Å². The molecule has 2 atom stereocenters. The second-order valence-corrected chi connectivity index (χ2v) is 4.48. The van der Waals surface area contributed by atoms with Gasteiger partial charge in [0.15, 0.2) is 0 Å². The molecule has 2 unspecified atom stereocenters. The Kier molecular flexibility index (Phi) is 4.15. The number of aliphatic carboxylic acids is 1. The van der Waals surface area contributed by atoms with Crippen LogP contribution in [0.15, 0.2) is 0 Å². The minimum Gasteiger partial charge on any atom is -0.481 e. The standard InChI is InChI=1S/C11H19NO4/c13-11(14)10(9-1-4-16-8-9)7-12-2-5-15-6-3-12/h9-10H,1-8H2,(H,13,14). The summed E-state index contributed by atoms with van der Waals surface area (Å²) in [7, 11) is 0. The number of ether oxygens (including phenoxy) is 2. The van der Waals surface area contributed by atoms with Crippen molar-refractivity contribution in [2.45, 2.75) is 6.42 Å². The van der Waals surface area contributed by atoms with Crippen LogP contribution in [-0.4, -0.2) is 62.0 Å². The number of morpholine rings is 1. The van der Waals surface area contributed by atoms with Crippen molar-refractivity contribution < 1.29 is 19.4 Å². The first kappa shape index (κ1) is 11.8. The van der Waals surface area contributed by atoms with Gasteiger partial charge in [-0.2, -0.15) is 0 Å². The van der Waals surface area contributed by atoms with Crippen LogP contribution in [0.5, 0.6) is 0 Å². The minimum atomic E-state index is -0.693. The molecule has 0 radical (unpaired) electrons. The van der Waals surface area contributed by atoms with Gasteiger partial charge in [-0.15, -0.1) is 0 Å². The Balaban J connectivity index is 1.88. The zero-order valence-electron chi connectivity index (χ0n) is 9.43. The lowest BCUT2D eigenvalue weighted by Gasteiger charge is -2.30. The van der Waals surface area contributed by atoms with Gasteiger partial charge in [0.1, 0.15) is 0 Å². The van der Waals surface area contributed by atoms with E-state index in [2.05, 4.69) is 4.90 Å². The molecule has 0 bridgehead atoms. The molecule has 5 heteroatoms. The van der Waals surface area contributed by atoms with Crippen LogP contribution >= 0.6 is 0 Å². The van der Waals surface area contributed by atoms with Crippen LogP contribution in [0.25, 0.3) is 0 Å². The smallest absolute Gasteiger partial charge is 0.308 e. The van der Waals surface area contributed by atoms with Crippen LogP contribution in [-0.2, 0) is 14.3 Å².